The van der Waals surface area contributed by atoms with Crippen LogP contribution in [0.25, 0.3) is 28.3 Å². The van der Waals surface area contributed by atoms with Crippen molar-refractivity contribution < 1.29 is 14.2 Å². The number of aromatic nitrogens is 1. The normalized spacial score (nSPS) is 12.1. The van der Waals surface area contributed by atoms with Crippen LogP contribution in [0, 0.1) is 5.82 Å². The highest BCUT2D eigenvalue weighted by atomic mass is 19.1. The Balaban J connectivity index is 1.66. The zero-order valence-electron chi connectivity index (χ0n) is 17.8. The van der Waals surface area contributed by atoms with Crippen molar-refractivity contribution >= 4 is 6.08 Å². The highest BCUT2D eigenvalue weighted by Gasteiger charge is 2.05. The molecule has 1 atom stereocenters. The highest BCUT2D eigenvalue weighted by Crippen LogP contribution is 2.27. The third-order valence-electron chi connectivity index (χ3n) is 4.93. The van der Waals surface area contributed by atoms with Gasteiger partial charge in [-0.1, -0.05) is 61.2 Å². The van der Waals surface area contributed by atoms with Gasteiger partial charge in [-0.25, -0.2) is 9.37 Å². The zero-order valence-corrected chi connectivity index (χ0v) is 17.8. The quantitative estimate of drug-likeness (QED) is 0.295. The summed E-state index contributed by atoms with van der Waals surface area (Å²) >= 11 is 0. The Labute approximate surface area is 183 Å². The van der Waals surface area contributed by atoms with E-state index in [2.05, 4.69) is 11.6 Å². The van der Waals surface area contributed by atoms with Gasteiger partial charge in [-0.2, -0.15) is 0 Å². The number of benzene rings is 2. The van der Waals surface area contributed by atoms with Gasteiger partial charge in [-0.3, -0.25) is 0 Å². The first-order valence-corrected chi connectivity index (χ1v) is 10.5. The van der Waals surface area contributed by atoms with E-state index in [1.54, 1.807) is 37.4 Å². The maximum Gasteiger partial charge on any atom is 0.213 e. The molecule has 1 heterocycles. The van der Waals surface area contributed by atoms with E-state index in [4.69, 9.17) is 4.74 Å². The van der Waals surface area contributed by atoms with Crippen LogP contribution in [-0.2, 0) is 0 Å². The predicted molar refractivity (Wildman–Crippen MR) is 125 cm³/mol. The molecule has 4 heteroatoms. The Morgan fingerprint density at radius 2 is 1.71 bits per heavy atom. The van der Waals surface area contributed by atoms with Crippen LogP contribution in [0.2, 0.25) is 0 Å². The SMILES string of the molecule is C=CCOc1ccc(-c2ccc(-c3ccc(C=CCCCC(C)O)c(F)c3)cc2)cn1. The van der Waals surface area contributed by atoms with E-state index in [0.29, 0.717) is 18.1 Å². The van der Waals surface area contributed by atoms with Crippen molar-refractivity contribution in [3.63, 3.8) is 0 Å². The van der Waals surface area contributed by atoms with Crippen LogP contribution in [-0.4, -0.2) is 22.8 Å². The predicted octanol–water partition coefficient (Wildman–Crippen LogP) is 6.68. The van der Waals surface area contributed by atoms with Crippen LogP contribution in [0.3, 0.4) is 0 Å². The van der Waals surface area contributed by atoms with E-state index in [-0.39, 0.29) is 11.9 Å². The smallest absolute Gasteiger partial charge is 0.213 e. The molecule has 0 aliphatic heterocycles. The van der Waals surface area contributed by atoms with E-state index in [0.717, 1.165) is 41.5 Å². The number of aliphatic hydroxyl groups is 1. The molecule has 2 aromatic carbocycles. The van der Waals surface area contributed by atoms with Gasteiger partial charge in [0.05, 0.1) is 6.10 Å². The summed E-state index contributed by atoms with van der Waals surface area (Å²) in [6.45, 7) is 5.83. The third kappa shape index (κ3) is 6.63. The Hall–Kier alpha value is -3.24. The lowest BCUT2D eigenvalue weighted by Gasteiger charge is -2.07. The van der Waals surface area contributed by atoms with Crippen molar-refractivity contribution in [3.8, 4) is 28.1 Å². The molecule has 0 radical (unpaired) electrons. The monoisotopic (exact) mass is 417 g/mol. The molecule has 3 rings (SSSR count). The Morgan fingerprint density at radius 3 is 2.32 bits per heavy atom. The second-order valence-corrected chi connectivity index (χ2v) is 7.48. The number of unbranched alkanes of at least 4 members (excludes halogenated alkanes) is 1. The Bertz CT molecular complexity index is 1010. The summed E-state index contributed by atoms with van der Waals surface area (Å²) in [6, 6.07) is 17.1. The number of pyridine rings is 1. The minimum absolute atomic E-state index is 0.243. The lowest BCUT2D eigenvalue weighted by molar-refractivity contribution is 0.182. The molecule has 1 N–H and O–H groups in total. The van der Waals surface area contributed by atoms with Crippen LogP contribution in [0.5, 0.6) is 5.88 Å². The number of hydrogen-bond acceptors (Lipinski definition) is 3. The molecule has 3 aromatic rings. The van der Waals surface area contributed by atoms with Gasteiger partial charge in [-0.05, 0) is 55.0 Å². The number of halogens is 1. The van der Waals surface area contributed by atoms with E-state index < -0.39 is 0 Å². The maximum atomic E-state index is 14.5. The summed E-state index contributed by atoms with van der Waals surface area (Å²) in [6.07, 6.45) is 9.39. The number of allylic oxidation sites excluding steroid dienone is 1. The van der Waals surface area contributed by atoms with Gasteiger partial charge >= 0.3 is 0 Å². The zero-order chi connectivity index (χ0) is 22.1. The van der Waals surface area contributed by atoms with Gasteiger partial charge in [0.1, 0.15) is 12.4 Å². The fourth-order valence-corrected chi connectivity index (χ4v) is 3.22. The number of rotatable bonds is 10. The number of ether oxygens (including phenoxy) is 1. The largest absolute Gasteiger partial charge is 0.473 e. The van der Waals surface area contributed by atoms with Crippen LogP contribution in [0.15, 0.2) is 79.5 Å². The van der Waals surface area contributed by atoms with Crippen LogP contribution in [0.4, 0.5) is 4.39 Å². The van der Waals surface area contributed by atoms with Crippen LogP contribution >= 0.6 is 0 Å². The van der Waals surface area contributed by atoms with Crippen LogP contribution in [0.1, 0.15) is 31.7 Å². The molecule has 0 spiro atoms. The second kappa shape index (κ2) is 11.2. The minimum Gasteiger partial charge on any atom is -0.473 e. The molecule has 0 aliphatic carbocycles. The molecule has 0 saturated heterocycles. The molecule has 1 aromatic heterocycles. The van der Waals surface area contributed by atoms with Gasteiger partial charge < -0.3 is 9.84 Å². The van der Waals surface area contributed by atoms with Crippen molar-refractivity contribution in [1.82, 2.24) is 4.98 Å². The van der Waals surface area contributed by atoms with Gasteiger partial charge in [0, 0.05) is 23.4 Å². The lowest BCUT2D eigenvalue weighted by atomic mass is 10.00. The average Bonchev–Trinajstić information content (AvgIpc) is 2.78. The fourth-order valence-electron chi connectivity index (χ4n) is 3.22. The average molecular weight is 418 g/mol. The molecule has 0 saturated carbocycles. The first-order chi connectivity index (χ1) is 15.1. The van der Waals surface area contributed by atoms with E-state index in [1.807, 2.05) is 48.5 Å². The number of hydrogen-bond donors (Lipinski definition) is 1. The molecule has 0 bridgehead atoms. The first kappa shape index (κ1) is 22.4. The number of aliphatic hydroxyl groups excluding tert-OH is 1. The first-order valence-electron chi connectivity index (χ1n) is 10.5. The molecule has 160 valence electrons. The molecule has 3 nitrogen and oxygen atoms in total. The van der Waals surface area contributed by atoms with E-state index >= 15 is 0 Å². The number of nitrogens with zero attached hydrogens (tertiary/aromatic N) is 1. The molecule has 0 fully saturated rings. The van der Waals surface area contributed by atoms with Crippen molar-refractivity contribution in [3.05, 3.63) is 90.9 Å². The summed E-state index contributed by atoms with van der Waals surface area (Å²) in [5, 5.41) is 9.28. The fraction of sp³-hybridized carbons (Fsp3) is 0.222. The van der Waals surface area contributed by atoms with Crippen molar-refractivity contribution in [2.75, 3.05) is 6.61 Å². The van der Waals surface area contributed by atoms with Crippen LogP contribution < -0.4 is 4.74 Å². The summed E-state index contributed by atoms with van der Waals surface area (Å²) in [4.78, 5) is 4.30. The highest BCUT2D eigenvalue weighted by molar-refractivity contribution is 5.71. The molecule has 31 heavy (non-hydrogen) atoms. The van der Waals surface area contributed by atoms with E-state index in [9.17, 15) is 9.50 Å². The summed E-state index contributed by atoms with van der Waals surface area (Å²) in [5.41, 5.74) is 4.38. The second-order valence-electron chi connectivity index (χ2n) is 7.48. The molecule has 1 unspecified atom stereocenters. The molecule has 0 aliphatic rings. The Morgan fingerprint density at radius 1 is 1.03 bits per heavy atom. The van der Waals surface area contributed by atoms with Crippen molar-refractivity contribution in [2.45, 2.75) is 32.3 Å². The van der Waals surface area contributed by atoms with Crippen molar-refractivity contribution in [2.24, 2.45) is 0 Å². The Kier molecular flexibility index (Phi) is 8.13. The van der Waals surface area contributed by atoms with Gasteiger partial charge in [-0.15, -0.1) is 0 Å². The molecule has 0 amide bonds. The molecular formula is C27H28FNO2. The van der Waals surface area contributed by atoms with Gasteiger partial charge in [0.15, 0.2) is 0 Å². The summed E-state index contributed by atoms with van der Waals surface area (Å²) in [7, 11) is 0. The standard InChI is InChI=1S/C27H28FNO2/c1-3-17-31-27-16-15-25(19-29-27)22-11-9-21(10-12-22)24-14-13-23(26(28)18-24)8-6-4-5-7-20(2)30/h3,6,8-16,18-20,30H,1,4-5,7,17H2,2H3. The third-order valence-corrected chi connectivity index (χ3v) is 4.93. The maximum absolute atomic E-state index is 14.5. The lowest BCUT2D eigenvalue weighted by Crippen LogP contribution is -1.97. The van der Waals surface area contributed by atoms with E-state index in [1.165, 1.54) is 0 Å². The minimum atomic E-state index is -0.289. The topological polar surface area (TPSA) is 42.4 Å². The molecular weight excluding hydrogens is 389 g/mol. The van der Waals surface area contributed by atoms with Crippen molar-refractivity contribution in [1.29, 1.82) is 0 Å². The van der Waals surface area contributed by atoms with Gasteiger partial charge in [0.2, 0.25) is 5.88 Å². The summed E-state index contributed by atoms with van der Waals surface area (Å²) < 4.78 is 19.9. The van der Waals surface area contributed by atoms with Gasteiger partial charge in [0.25, 0.3) is 0 Å². The summed E-state index contributed by atoms with van der Waals surface area (Å²) in [5.74, 6) is 0.320.